The van der Waals surface area contributed by atoms with Crippen molar-refractivity contribution in [2.75, 3.05) is 0 Å². The zero-order chi connectivity index (χ0) is 16.6. The van der Waals surface area contributed by atoms with Crippen molar-refractivity contribution in [3.8, 4) is 11.3 Å². The van der Waals surface area contributed by atoms with Gasteiger partial charge in [0.2, 0.25) is 5.69 Å². The largest absolute Gasteiger partial charge is 0.212 e. The van der Waals surface area contributed by atoms with Crippen LogP contribution in [0.5, 0.6) is 0 Å². The van der Waals surface area contributed by atoms with Crippen LogP contribution in [0.1, 0.15) is 42.7 Å². The summed E-state index contributed by atoms with van der Waals surface area (Å²) < 4.78 is 2.36. The molecule has 0 atom stereocenters. The molecule has 1 aromatic carbocycles. The zero-order valence-electron chi connectivity index (χ0n) is 15.3. The second-order valence-corrected chi connectivity index (χ2v) is 13.2. The van der Waals surface area contributed by atoms with Crippen LogP contribution in [0.25, 0.3) is 11.3 Å². The van der Waals surface area contributed by atoms with Gasteiger partial charge < -0.3 is 0 Å². The summed E-state index contributed by atoms with van der Waals surface area (Å²) in [5, 5.41) is 1.66. The minimum Gasteiger partial charge on any atom is -0.201 e. The lowest BCUT2D eigenvalue weighted by atomic mass is 9.95. The van der Waals surface area contributed by atoms with Crippen molar-refractivity contribution in [3.63, 3.8) is 0 Å². The predicted molar refractivity (Wildman–Crippen MR) is 102 cm³/mol. The first kappa shape index (κ1) is 16.4. The van der Waals surface area contributed by atoms with Crippen molar-refractivity contribution in [3.05, 3.63) is 47.7 Å². The van der Waals surface area contributed by atoms with Crippen LogP contribution < -0.4 is 9.75 Å². The van der Waals surface area contributed by atoms with Crippen LogP contribution >= 0.6 is 0 Å². The Morgan fingerprint density at radius 2 is 1.70 bits per heavy atom. The quantitative estimate of drug-likeness (QED) is 0.570. The molecule has 0 saturated heterocycles. The van der Waals surface area contributed by atoms with Gasteiger partial charge in [-0.3, -0.25) is 0 Å². The first-order valence-electron chi connectivity index (χ1n) is 8.98. The van der Waals surface area contributed by atoms with Crippen LogP contribution in [0.2, 0.25) is 19.6 Å². The van der Waals surface area contributed by atoms with Gasteiger partial charge in [-0.1, -0.05) is 50.7 Å². The number of aromatic nitrogens is 1. The Hall–Kier alpha value is -1.41. The number of pyridine rings is 1. The molecule has 0 bridgehead atoms. The molecular formula is C21H30NSi+. The standard InChI is InChI=1S/C21H30NSi/c1-16-10-6-9-13-18(16)20-14-19(17-11-7-8-12-17)21(15-22(20)2)23(3,4)5/h6,9-10,13-15,17H,7-8,11-12H2,1-5H3/q+1. The van der Waals surface area contributed by atoms with Crippen molar-refractivity contribution in [2.24, 2.45) is 7.05 Å². The van der Waals surface area contributed by atoms with Gasteiger partial charge >= 0.3 is 0 Å². The molecule has 1 aliphatic rings. The molecular weight excluding hydrogens is 294 g/mol. The third kappa shape index (κ3) is 3.28. The summed E-state index contributed by atoms with van der Waals surface area (Å²) in [5.41, 5.74) is 5.75. The molecule has 2 heteroatoms. The summed E-state index contributed by atoms with van der Waals surface area (Å²) in [4.78, 5) is 0. The van der Waals surface area contributed by atoms with Gasteiger partial charge in [0.1, 0.15) is 7.05 Å². The molecule has 0 unspecified atom stereocenters. The van der Waals surface area contributed by atoms with Gasteiger partial charge in [-0.2, -0.15) is 0 Å². The summed E-state index contributed by atoms with van der Waals surface area (Å²) in [5.74, 6) is 0.778. The fourth-order valence-corrected chi connectivity index (χ4v) is 5.72. The predicted octanol–water partition coefficient (Wildman–Crippen LogP) is 4.69. The van der Waals surface area contributed by atoms with Crippen molar-refractivity contribution in [2.45, 2.75) is 58.2 Å². The molecule has 1 aromatic heterocycles. The Kier molecular flexibility index (Phi) is 4.46. The maximum Gasteiger partial charge on any atom is 0.212 e. The van der Waals surface area contributed by atoms with E-state index in [4.69, 9.17) is 0 Å². The zero-order valence-corrected chi connectivity index (χ0v) is 16.3. The number of aryl methyl sites for hydroxylation is 2. The highest BCUT2D eigenvalue weighted by Crippen LogP contribution is 2.35. The number of benzene rings is 1. The van der Waals surface area contributed by atoms with Crippen molar-refractivity contribution >= 4 is 13.3 Å². The Bertz CT molecular complexity index is 706. The molecule has 1 fully saturated rings. The third-order valence-corrected chi connectivity index (χ3v) is 7.36. The van der Waals surface area contributed by atoms with Crippen LogP contribution in [0.4, 0.5) is 0 Å². The molecule has 122 valence electrons. The van der Waals surface area contributed by atoms with E-state index in [1.165, 1.54) is 42.5 Å². The first-order chi connectivity index (χ1) is 10.9. The fraction of sp³-hybridized carbons (Fsp3) is 0.476. The van der Waals surface area contributed by atoms with Crippen LogP contribution in [-0.2, 0) is 7.05 Å². The second-order valence-electron chi connectivity index (χ2n) is 8.18. The molecule has 23 heavy (non-hydrogen) atoms. The molecule has 1 nitrogen and oxygen atoms in total. The lowest BCUT2D eigenvalue weighted by Gasteiger charge is -2.23. The summed E-state index contributed by atoms with van der Waals surface area (Å²) in [6.45, 7) is 9.66. The Morgan fingerprint density at radius 3 is 2.30 bits per heavy atom. The van der Waals surface area contributed by atoms with Crippen molar-refractivity contribution in [1.29, 1.82) is 0 Å². The molecule has 1 saturated carbocycles. The van der Waals surface area contributed by atoms with Gasteiger partial charge in [-0.15, -0.1) is 0 Å². The van der Waals surface area contributed by atoms with E-state index in [0.717, 1.165) is 5.92 Å². The minimum atomic E-state index is -1.34. The highest BCUT2D eigenvalue weighted by atomic mass is 28.3. The van der Waals surface area contributed by atoms with Gasteiger partial charge in [-0.25, -0.2) is 4.57 Å². The van der Waals surface area contributed by atoms with Crippen molar-refractivity contribution in [1.82, 2.24) is 0 Å². The molecule has 1 aliphatic carbocycles. The molecule has 3 rings (SSSR count). The van der Waals surface area contributed by atoms with Gasteiger partial charge in [0.25, 0.3) is 0 Å². The molecule has 1 heterocycles. The monoisotopic (exact) mass is 324 g/mol. The van der Waals surface area contributed by atoms with Gasteiger partial charge in [0.15, 0.2) is 6.20 Å². The number of hydrogen-bond acceptors (Lipinski definition) is 0. The molecule has 0 amide bonds. The smallest absolute Gasteiger partial charge is 0.201 e. The number of rotatable bonds is 3. The number of hydrogen-bond donors (Lipinski definition) is 0. The van der Waals surface area contributed by atoms with E-state index in [0.29, 0.717) is 0 Å². The Morgan fingerprint density at radius 1 is 1.04 bits per heavy atom. The molecule has 2 aromatic rings. The first-order valence-corrected chi connectivity index (χ1v) is 12.5. The van der Waals surface area contributed by atoms with Crippen molar-refractivity contribution < 1.29 is 4.57 Å². The summed E-state index contributed by atoms with van der Waals surface area (Å²) in [6, 6.07) is 11.3. The fourth-order valence-electron chi connectivity index (χ4n) is 3.99. The second kappa shape index (κ2) is 6.24. The average Bonchev–Trinajstić information content (AvgIpc) is 3.01. The maximum atomic E-state index is 2.52. The third-order valence-electron chi connectivity index (χ3n) is 5.33. The van der Waals surface area contributed by atoms with Gasteiger partial charge in [0, 0.05) is 16.8 Å². The molecule has 0 aliphatic heterocycles. The highest BCUT2D eigenvalue weighted by Gasteiger charge is 2.30. The van der Waals surface area contributed by atoms with E-state index < -0.39 is 8.07 Å². The van der Waals surface area contributed by atoms with E-state index in [1.54, 1.807) is 10.8 Å². The molecule has 0 N–H and O–H groups in total. The van der Waals surface area contributed by atoms with E-state index in [2.05, 4.69) is 74.7 Å². The summed E-state index contributed by atoms with van der Waals surface area (Å²) in [7, 11) is 0.877. The van der Waals surface area contributed by atoms with Gasteiger partial charge in [0.05, 0.1) is 8.07 Å². The van der Waals surface area contributed by atoms with Gasteiger partial charge in [-0.05, 0) is 42.9 Å². The minimum absolute atomic E-state index is 0.778. The molecule has 0 spiro atoms. The topological polar surface area (TPSA) is 3.88 Å². The van der Waals surface area contributed by atoms with Crippen LogP contribution in [0, 0.1) is 6.92 Å². The van der Waals surface area contributed by atoms with E-state index in [1.807, 2.05) is 0 Å². The van der Waals surface area contributed by atoms with E-state index >= 15 is 0 Å². The van der Waals surface area contributed by atoms with Crippen LogP contribution in [0.3, 0.4) is 0 Å². The maximum absolute atomic E-state index is 2.52. The highest BCUT2D eigenvalue weighted by molar-refractivity contribution is 6.89. The number of nitrogens with zero attached hydrogens (tertiary/aromatic N) is 1. The summed E-state index contributed by atoms with van der Waals surface area (Å²) in [6.07, 6.45) is 7.99. The average molecular weight is 325 g/mol. The molecule has 0 radical (unpaired) electrons. The summed E-state index contributed by atoms with van der Waals surface area (Å²) >= 11 is 0. The normalized spacial score (nSPS) is 16.0. The lowest BCUT2D eigenvalue weighted by molar-refractivity contribution is -0.659. The SMILES string of the molecule is Cc1ccccc1-c1cc(C2CCCC2)c([Si](C)(C)C)c[n+]1C. The Labute approximate surface area is 142 Å². The van der Waals surface area contributed by atoms with E-state index in [9.17, 15) is 0 Å². The van der Waals surface area contributed by atoms with Crippen LogP contribution in [-0.4, -0.2) is 8.07 Å². The van der Waals surface area contributed by atoms with E-state index in [-0.39, 0.29) is 0 Å². The van der Waals surface area contributed by atoms with Crippen LogP contribution in [0.15, 0.2) is 36.5 Å². The Balaban J connectivity index is 2.19. The lowest BCUT2D eigenvalue weighted by Crippen LogP contribution is -2.47.